The number of hydrogen-bond acceptors (Lipinski definition) is 1. The molecule has 0 bridgehead atoms. The zero-order chi connectivity index (χ0) is 49.9. The van der Waals surface area contributed by atoms with Gasteiger partial charge in [0.05, 0.1) is 44.5 Å². The highest BCUT2D eigenvalue weighted by atomic mass is 15.1. The molecule has 0 saturated carbocycles. The second-order valence-electron chi connectivity index (χ2n) is 20.3. The monoisotopic (exact) mass is 965 g/mol. The molecule has 1 unspecified atom stereocenters. The summed E-state index contributed by atoms with van der Waals surface area (Å²) < 4.78 is 4.93. The topological polar surface area (TPSA) is 13.1 Å². The molecule has 16 rings (SSSR count). The smallest absolute Gasteiger partial charge is 0.0754 e. The maximum absolute atomic E-state index is 2.53. The van der Waals surface area contributed by atoms with Crippen molar-refractivity contribution in [3.8, 4) is 55.9 Å². The van der Waals surface area contributed by atoms with Crippen LogP contribution in [0.15, 0.2) is 285 Å². The van der Waals surface area contributed by atoms with Gasteiger partial charge in [0.1, 0.15) is 0 Å². The fourth-order valence-corrected chi connectivity index (χ4v) is 13.5. The van der Waals surface area contributed by atoms with Gasteiger partial charge in [0.25, 0.3) is 0 Å². The third kappa shape index (κ3) is 5.94. The van der Waals surface area contributed by atoms with Crippen molar-refractivity contribution in [2.24, 2.45) is 0 Å². The Morgan fingerprint density at radius 2 is 0.776 bits per heavy atom. The summed E-state index contributed by atoms with van der Waals surface area (Å²) in [7, 11) is 0. The third-order valence-electron chi connectivity index (χ3n) is 16.5. The summed E-state index contributed by atoms with van der Waals surface area (Å²) in [5, 5.41) is 5.05. The predicted octanol–water partition coefficient (Wildman–Crippen LogP) is 19.0. The van der Waals surface area contributed by atoms with Crippen LogP contribution >= 0.6 is 0 Å². The van der Waals surface area contributed by atoms with Crippen molar-refractivity contribution in [3.05, 3.63) is 307 Å². The van der Waals surface area contributed by atoms with Crippen LogP contribution in [0.5, 0.6) is 0 Å². The van der Waals surface area contributed by atoms with Crippen LogP contribution in [-0.4, -0.2) is 9.13 Å². The van der Waals surface area contributed by atoms with Crippen molar-refractivity contribution >= 4 is 60.7 Å². The fraction of sp³-hybridized carbons (Fsp3) is 0.0137. The summed E-state index contributed by atoms with van der Waals surface area (Å²) in [6.07, 6.45) is 0. The molecule has 3 heteroatoms. The Morgan fingerprint density at radius 3 is 1.50 bits per heavy atom. The molecule has 3 heterocycles. The van der Waals surface area contributed by atoms with Gasteiger partial charge in [-0.2, -0.15) is 0 Å². The van der Waals surface area contributed by atoms with Crippen LogP contribution in [0.25, 0.3) is 99.5 Å². The first-order valence-corrected chi connectivity index (χ1v) is 26.3. The molecule has 1 atom stereocenters. The normalized spacial score (nSPS) is 14.1. The van der Waals surface area contributed by atoms with Crippen molar-refractivity contribution in [1.29, 1.82) is 0 Å². The summed E-state index contributed by atoms with van der Waals surface area (Å²) in [6.45, 7) is 0. The van der Waals surface area contributed by atoms with Gasteiger partial charge in [-0.05, 0) is 122 Å². The summed E-state index contributed by atoms with van der Waals surface area (Å²) in [4.78, 5) is 2.49. The van der Waals surface area contributed by atoms with Crippen LogP contribution < -0.4 is 4.90 Å². The number of benzene rings is 12. The molecule has 2 aliphatic rings. The molecule has 76 heavy (non-hydrogen) atoms. The minimum Gasteiger partial charge on any atom is -0.309 e. The predicted molar refractivity (Wildman–Crippen MR) is 317 cm³/mol. The number of nitrogens with zero attached hydrogens (tertiary/aromatic N) is 3. The SMILES string of the molecule is c1ccc(-c2ccccc2-c2ccccc2N(c2ccc(-n3c4ccccc4c4ccccc43)cc2)c2ccccc2-c2ccc3c(c2)C2(c4ccccc4-3)c3ccccc3-n3c4ccccc4c4cccc2c43)cc1. The highest BCUT2D eigenvalue weighted by Gasteiger charge is 2.51. The molecule has 12 aromatic carbocycles. The van der Waals surface area contributed by atoms with E-state index in [9.17, 15) is 0 Å². The maximum atomic E-state index is 2.53. The maximum Gasteiger partial charge on any atom is 0.0754 e. The Bertz CT molecular complexity index is 4600. The summed E-state index contributed by atoms with van der Waals surface area (Å²) >= 11 is 0. The molecule has 14 aromatic rings. The van der Waals surface area contributed by atoms with Crippen molar-refractivity contribution < 1.29 is 0 Å². The van der Waals surface area contributed by atoms with E-state index in [0.29, 0.717) is 0 Å². The van der Waals surface area contributed by atoms with Crippen LogP contribution in [0.3, 0.4) is 0 Å². The Morgan fingerprint density at radius 1 is 0.276 bits per heavy atom. The van der Waals surface area contributed by atoms with Crippen LogP contribution in [0.2, 0.25) is 0 Å². The van der Waals surface area contributed by atoms with Crippen molar-refractivity contribution in [2.45, 2.75) is 5.41 Å². The van der Waals surface area contributed by atoms with Gasteiger partial charge >= 0.3 is 0 Å². The highest BCUT2D eigenvalue weighted by molar-refractivity contribution is 6.13. The first kappa shape index (κ1) is 42.5. The summed E-state index contributed by atoms with van der Waals surface area (Å²) in [5.41, 5.74) is 24.7. The molecular weight excluding hydrogens is 919 g/mol. The van der Waals surface area contributed by atoms with E-state index in [4.69, 9.17) is 0 Å². The molecular formula is C73H47N3. The second kappa shape index (κ2) is 16.5. The largest absolute Gasteiger partial charge is 0.309 e. The quantitative estimate of drug-likeness (QED) is 0.155. The molecule has 1 spiro atoms. The van der Waals surface area contributed by atoms with Crippen LogP contribution in [-0.2, 0) is 5.41 Å². The molecule has 354 valence electrons. The molecule has 0 fully saturated rings. The van der Waals surface area contributed by atoms with Crippen LogP contribution in [0.1, 0.15) is 22.3 Å². The molecule has 0 saturated heterocycles. The van der Waals surface area contributed by atoms with E-state index in [2.05, 4.69) is 299 Å². The first-order chi connectivity index (χ1) is 37.8. The zero-order valence-corrected chi connectivity index (χ0v) is 41.5. The van der Waals surface area contributed by atoms with Crippen molar-refractivity contribution in [2.75, 3.05) is 4.90 Å². The van der Waals surface area contributed by atoms with E-state index < -0.39 is 5.41 Å². The lowest BCUT2D eigenvalue weighted by Crippen LogP contribution is -2.33. The zero-order valence-electron chi connectivity index (χ0n) is 41.5. The van der Waals surface area contributed by atoms with E-state index in [1.54, 1.807) is 0 Å². The lowest BCUT2D eigenvalue weighted by molar-refractivity contribution is 0.749. The average molecular weight is 966 g/mol. The van der Waals surface area contributed by atoms with Gasteiger partial charge < -0.3 is 14.0 Å². The molecule has 0 amide bonds. The van der Waals surface area contributed by atoms with Gasteiger partial charge in [-0.15, -0.1) is 0 Å². The second-order valence-corrected chi connectivity index (χ2v) is 20.3. The molecule has 0 radical (unpaired) electrons. The van der Waals surface area contributed by atoms with Gasteiger partial charge in [-0.25, -0.2) is 0 Å². The number of hydrogen-bond donors (Lipinski definition) is 0. The molecule has 0 N–H and O–H groups in total. The lowest BCUT2D eigenvalue weighted by atomic mass is 9.65. The lowest BCUT2D eigenvalue weighted by Gasteiger charge is -2.39. The van der Waals surface area contributed by atoms with Gasteiger partial charge in [0.15, 0.2) is 0 Å². The Kier molecular flexibility index (Phi) is 9.25. The minimum atomic E-state index is -0.576. The average Bonchev–Trinajstić information content (AvgIpc) is 4.11. The minimum absolute atomic E-state index is 0.576. The van der Waals surface area contributed by atoms with Crippen LogP contribution in [0, 0.1) is 0 Å². The third-order valence-corrected chi connectivity index (χ3v) is 16.5. The fourth-order valence-electron chi connectivity index (χ4n) is 13.5. The number of fused-ring (bicyclic) bond motifs is 15. The Balaban J connectivity index is 0.936. The number of para-hydroxylation sites is 7. The Labute approximate surface area is 441 Å². The summed E-state index contributed by atoms with van der Waals surface area (Å²) in [6, 6.07) is 106. The molecule has 1 aliphatic carbocycles. The highest BCUT2D eigenvalue weighted by Crippen LogP contribution is 2.62. The number of anilines is 3. The Hall–Kier alpha value is -9.96. The molecule has 1 aliphatic heterocycles. The molecule has 2 aromatic heterocycles. The first-order valence-electron chi connectivity index (χ1n) is 26.3. The van der Waals surface area contributed by atoms with E-state index in [1.165, 1.54) is 99.4 Å². The number of rotatable bonds is 7. The van der Waals surface area contributed by atoms with Crippen molar-refractivity contribution in [1.82, 2.24) is 9.13 Å². The van der Waals surface area contributed by atoms with Gasteiger partial charge in [0, 0.05) is 44.0 Å². The van der Waals surface area contributed by atoms with Crippen LogP contribution in [0.4, 0.5) is 17.1 Å². The van der Waals surface area contributed by atoms with E-state index in [0.717, 1.165) is 39.4 Å². The summed E-state index contributed by atoms with van der Waals surface area (Å²) in [5.74, 6) is 0. The van der Waals surface area contributed by atoms with Gasteiger partial charge in [0.2, 0.25) is 0 Å². The van der Waals surface area contributed by atoms with Gasteiger partial charge in [-0.3, -0.25) is 0 Å². The number of aromatic nitrogens is 2. The van der Waals surface area contributed by atoms with E-state index in [-0.39, 0.29) is 0 Å². The van der Waals surface area contributed by atoms with E-state index >= 15 is 0 Å². The molecule has 3 nitrogen and oxygen atoms in total. The van der Waals surface area contributed by atoms with Crippen molar-refractivity contribution in [3.63, 3.8) is 0 Å². The standard InChI is InChI=1S/C73H47N3/c1-2-21-48(22-3-1)52-23-4-5-25-54(52)57-27-8-15-36-67(57)74(50-42-44-51(45-43-50)75-68-37-16-9-28-58(68)59-29-10-17-38-69(59)75)66-35-14-7-24-53(66)49-41-46-56-55-26-6-12-32-62(55)73(65(56)47-49)63-33-13-19-40-71(63)76-70-39-18-11-30-60(70)61-31-20-34-64(73)72(61)76/h1-47H. The van der Waals surface area contributed by atoms with E-state index in [1.807, 2.05) is 0 Å². The van der Waals surface area contributed by atoms with Gasteiger partial charge in [-0.1, -0.05) is 218 Å².